The van der Waals surface area contributed by atoms with Crippen molar-refractivity contribution in [3.63, 3.8) is 0 Å². The molecule has 1 unspecified atom stereocenters. The lowest BCUT2D eigenvalue weighted by Crippen LogP contribution is -2.07. The third-order valence-corrected chi connectivity index (χ3v) is 0.653. The van der Waals surface area contributed by atoms with Crippen LogP contribution in [-0.4, -0.2) is 5.71 Å². The van der Waals surface area contributed by atoms with Crippen LogP contribution in [0.4, 0.5) is 4.79 Å². The zero-order valence-corrected chi connectivity index (χ0v) is 4.05. The molecule has 0 fully saturated rings. The van der Waals surface area contributed by atoms with E-state index in [-0.39, 0.29) is 0 Å². The van der Waals surface area contributed by atoms with Crippen molar-refractivity contribution in [2.45, 2.75) is 0 Å². The van der Waals surface area contributed by atoms with Crippen LogP contribution in [0.1, 0.15) is 0 Å². The molecule has 0 aliphatic heterocycles. The average molecular weight is 123 g/mol. The van der Waals surface area contributed by atoms with Crippen LogP contribution in [0.15, 0.2) is 0 Å². The van der Waals surface area contributed by atoms with E-state index < -0.39 is 13.7 Å². The molecule has 0 saturated carbocycles. The number of hydrogen-bond donors (Lipinski definition) is 1. The molecule has 0 bridgehead atoms. The summed E-state index contributed by atoms with van der Waals surface area (Å²) in [6.07, 6.45) is 0. The highest BCUT2D eigenvalue weighted by molar-refractivity contribution is 7.56. The lowest BCUT2D eigenvalue weighted by Gasteiger charge is -1.80. The third-order valence-electron chi connectivity index (χ3n) is 0.250. The smallest absolute Gasteiger partial charge is 0.571 e. The maximum Gasteiger partial charge on any atom is 0.571 e. The van der Waals surface area contributed by atoms with Crippen molar-refractivity contribution in [1.29, 1.82) is 0 Å². The molecule has 6 heteroatoms. The van der Waals surface area contributed by atoms with Gasteiger partial charge < -0.3 is 9.73 Å². The summed E-state index contributed by atoms with van der Waals surface area (Å²) in [7, 11) is -3.15. The molecule has 1 atom stereocenters. The van der Waals surface area contributed by atoms with E-state index >= 15 is 0 Å². The Bertz CT molecular complexity index is 99.9. The SMILES string of the molecule is NOC(=O)[P+](=O)[O-]. The van der Waals surface area contributed by atoms with E-state index in [2.05, 4.69) is 10.7 Å². The summed E-state index contributed by atoms with van der Waals surface area (Å²) in [6, 6.07) is 0. The summed E-state index contributed by atoms with van der Waals surface area (Å²) in [5, 5.41) is 0. The quantitative estimate of drug-likeness (QED) is 0.360. The van der Waals surface area contributed by atoms with E-state index in [1.807, 2.05) is 0 Å². The minimum absolute atomic E-state index is 1.42. The number of hydrogen-bond acceptors (Lipinski definition) is 5. The molecule has 0 rings (SSSR count). The predicted octanol–water partition coefficient (Wildman–Crippen LogP) is -0.901. The van der Waals surface area contributed by atoms with Crippen LogP contribution in [0.3, 0.4) is 0 Å². The second-order valence-electron chi connectivity index (χ2n) is 0.641. The van der Waals surface area contributed by atoms with Gasteiger partial charge in [-0.25, -0.2) is 0 Å². The van der Waals surface area contributed by atoms with Crippen LogP contribution in [0, 0.1) is 0 Å². The van der Waals surface area contributed by atoms with Crippen molar-refractivity contribution in [3.05, 3.63) is 0 Å². The first-order chi connectivity index (χ1) is 3.18. The highest BCUT2D eigenvalue weighted by Crippen LogP contribution is 2.07. The maximum atomic E-state index is 9.57. The maximum absolute atomic E-state index is 9.57. The lowest BCUT2D eigenvalue weighted by atomic mass is 11.6. The Balaban J connectivity index is 3.58. The molecule has 0 saturated heterocycles. The first-order valence-electron chi connectivity index (χ1n) is 1.23. The monoisotopic (exact) mass is 123 g/mol. The number of nitrogens with two attached hydrogens (primary N) is 1. The zero-order chi connectivity index (χ0) is 5.86. The summed E-state index contributed by atoms with van der Waals surface area (Å²) in [5.41, 5.74) is -1.42. The normalized spacial score (nSPS) is 10.3. The molecule has 0 aromatic rings. The van der Waals surface area contributed by atoms with Crippen molar-refractivity contribution in [3.8, 4) is 0 Å². The largest absolute Gasteiger partial charge is 0.585 e. The Morgan fingerprint density at radius 2 is 2.29 bits per heavy atom. The van der Waals surface area contributed by atoms with Crippen LogP contribution in [0.5, 0.6) is 0 Å². The van der Waals surface area contributed by atoms with Gasteiger partial charge in [-0.15, -0.1) is 0 Å². The van der Waals surface area contributed by atoms with E-state index in [1.54, 1.807) is 0 Å². The van der Waals surface area contributed by atoms with Gasteiger partial charge in [0.25, 0.3) is 0 Å². The van der Waals surface area contributed by atoms with E-state index in [0.29, 0.717) is 0 Å². The van der Waals surface area contributed by atoms with Gasteiger partial charge >= 0.3 is 13.7 Å². The highest BCUT2D eigenvalue weighted by Gasteiger charge is 2.16. The van der Waals surface area contributed by atoms with Gasteiger partial charge in [-0.05, 0) is 0 Å². The molecule has 0 radical (unpaired) electrons. The molecule has 0 spiro atoms. The Kier molecular flexibility index (Phi) is 2.44. The van der Waals surface area contributed by atoms with E-state index in [4.69, 9.17) is 0 Å². The molecular weight excluding hydrogens is 121 g/mol. The van der Waals surface area contributed by atoms with Gasteiger partial charge in [0.05, 0.1) is 0 Å². The molecule has 0 heterocycles. The fourth-order valence-corrected chi connectivity index (χ4v) is 0.129. The first kappa shape index (κ1) is 6.49. The Morgan fingerprint density at radius 3 is 2.29 bits per heavy atom. The van der Waals surface area contributed by atoms with Crippen molar-refractivity contribution < 1.29 is 19.1 Å². The van der Waals surface area contributed by atoms with Crippen LogP contribution in [-0.2, 0) is 9.40 Å². The van der Waals surface area contributed by atoms with E-state index in [0.717, 1.165) is 0 Å². The average Bonchev–Trinajstić information content (AvgIpc) is 1.65. The number of carbonyl (C=O) groups is 1. The highest BCUT2D eigenvalue weighted by atomic mass is 31.1. The molecule has 2 N–H and O–H groups in total. The summed E-state index contributed by atoms with van der Waals surface area (Å²) < 4.78 is 9.41. The third kappa shape index (κ3) is 2.22. The molecule has 0 aromatic carbocycles. The van der Waals surface area contributed by atoms with Gasteiger partial charge in [-0.1, -0.05) is 4.57 Å². The van der Waals surface area contributed by atoms with Crippen LogP contribution < -0.4 is 10.8 Å². The summed E-state index contributed by atoms with van der Waals surface area (Å²) in [4.78, 5) is 22.3. The van der Waals surface area contributed by atoms with Crippen LogP contribution >= 0.6 is 8.03 Å². The van der Waals surface area contributed by atoms with E-state index in [1.165, 1.54) is 0 Å². The molecule has 7 heavy (non-hydrogen) atoms. The van der Waals surface area contributed by atoms with Crippen molar-refractivity contribution in [1.82, 2.24) is 0 Å². The fraction of sp³-hybridized carbons (Fsp3) is 0. The van der Waals surface area contributed by atoms with Gasteiger partial charge in [-0.2, -0.15) is 10.7 Å². The predicted molar refractivity (Wildman–Crippen MR) is 18.3 cm³/mol. The summed E-state index contributed by atoms with van der Waals surface area (Å²) >= 11 is 0. The van der Waals surface area contributed by atoms with Crippen molar-refractivity contribution in [2.75, 3.05) is 0 Å². The molecule has 0 aromatic heterocycles. The second-order valence-corrected chi connectivity index (χ2v) is 1.52. The van der Waals surface area contributed by atoms with E-state index in [9.17, 15) is 14.3 Å². The molecular formula is CH2NO4P. The fourth-order valence-electron chi connectivity index (χ4n) is 0.0430. The topological polar surface area (TPSA) is 92.5 Å². The van der Waals surface area contributed by atoms with Crippen LogP contribution in [0.25, 0.3) is 0 Å². The molecule has 40 valence electrons. The minimum Gasteiger partial charge on any atom is -0.585 e. The first-order valence-corrected chi connectivity index (χ1v) is 2.41. The molecule has 0 aliphatic carbocycles. The molecule has 0 amide bonds. The summed E-state index contributed by atoms with van der Waals surface area (Å²) in [6.45, 7) is 0. The van der Waals surface area contributed by atoms with Crippen molar-refractivity contribution >= 4 is 13.7 Å². The number of carbonyl (C=O) groups excluding carboxylic acids is 1. The minimum atomic E-state index is -3.15. The number of rotatable bonds is 1. The molecule has 5 nitrogen and oxygen atoms in total. The van der Waals surface area contributed by atoms with Gasteiger partial charge in [0, 0.05) is 0 Å². The molecule has 0 aliphatic rings. The standard InChI is InChI=1S/CH2NO4P/c2-6-1(3)7(4)5/h2H2. The lowest BCUT2D eigenvalue weighted by molar-refractivity contribution is -0.162. The Labute approximate surface area is 39.9 Å². The van der Waals surface area contributed by atoms with Crippen LogP contribution in [0.2, 0.25) is 0 Å². The zero-order valence-electron chi connectivity index (χ0n) is 3.16. The van der Waals surface area contributed by atoms with Crippen molar-refractivity contribution in [2.24, 2.45) is 5.90 Å². The van der Waals surface area contributed by atoms with Gasteiger partial charge in [0.15, 0.2) is 0 Å². The van der Waals surface area contributed by atoms with Gasteiger partial charge in [0.2, 0.25) is 0 Å². The van der Waals surface area contributed by atoms with Gasteiger partial charge in [-0.3, -0.25) is 0 Å². The Morgan fingerprint density at radius 1 is 1.86 bits per heavy atom. The van der Waals surface area contributed by atoms with Gasteiger partial charge in [0.1, 0.15) is 0 Å². The summed E-state index contributed by atoms with van der Waals surface area (Å²) in [5.74, 6) is 4.14. The Hall–Kier alpha value is -0.510. The second kappa shape index (κ2) is 2.63.